The zero-order valence-electron chi connectivity index (χ0n) is 22.1. The van der Waals surface area contributed by atoms with Crippen LogP contribution in [0.25, 0.3) is 11.1 Å². The maximum atomic E-state index is 13.2. The van der Waals surface area contributed by atoms with Crippen LogP contribution in [0.4, 0.5) is 0 Å². The number of aldehydes is 1. The number of likely N-dealkylation sites (N-methyl/N-ethyl adjacent to an activating group) is 1. The molecule has 4 atom stereocenters. The van der Waals surface area contributed by atoms with Gasteiger partial charge in [0.05, 0.1) is 11.7 Å². The Labute approximate surface area is 229 Å². The zero-order valence-corrected chi connectivity index (χ0v) is 22.1. The Morgan fingerprint density at radius 3 is 2.49 bits per heavy atom. The highest BCUT2D eigenvalue weighted by atomic mass is 16.3. The summed E-state index contributed by atoms with van der Waals surface area (Å²) in [6.45, 7) is 1.35. The minimum Gasteiger partial charge on any atom is -0.507 e. The molecule has 1 fully saturated rings. The van der Waals surface area contributed by atoms with E-state index in [0.717, 1.165) is 53.5 Å². The molecule has 6 heteroatoms. The number of hydrogen-bond acceptors (Lipinski definition) is 5. The van der Waals surface area contributed by atoms with Crippen LogP contribution < -0.4 is 5.32 Å². The highest BCUT2D eigenvalue weighted by Crippen LogP contribution is 2.56. The first kappa shape index (κ1) is 25.5. The smallest absolute Gasteiger partial charge is 0.255 e. The highest BCUT2D eigenvalue weighted by molar-refractivity contribution is 5.97. The van der Waals surface area contributed by atoms with E-state index in [1.165, 1.54) is 0 Å². The van der Waals surface area contributed by atoms with E-state index in [4.69, 9.17) is 0 Å². The molecule has 2 aliphatic carbocycles. The Balaban J connectivity index is 1.16. The number of aliphatic hydroxyl groups excluding tert-OH is 1. The average molecular weight is 523 g/mol. The maximum absolute atomic E-state index is 13.2. The molecule has 4 unspecified atom stereocenters. The molecular weight excluding hydrogens is 488 g/mol. The second-order valence-corrected chi connectivity index (χ2v) is 11.3. The van der Waals surface area contributed by atoms with Gasteiger partial charge in [-0.25, -0.2) is 0 Å². The number of likely N-dealkylation sites (tertiary alicyclic amines) is 1. The van der Waals surface area contributed by atoms with Gasteiger partial charge in [0, 0.05) is 35.0 Å². The first-order chi connectivity index (χ1) is 18.9. The summed E-state index contributed by atoms with van der Waals surface area (Å²) in [4.78, 5) is 26.5. The Bertz CT molecular complexity index is 1430. The van der Waals surface area contributed by atoms with Crippen LogP contribution >= 0.6 is 0 Å². The van der Waals surface area contributed by atoms with Crippen molar-refractivity contribution < 1.29 is 19.8 Å². The molecule has 3 N–H and O–H groups in total. The highest BCUT2D eigenvalue weighted by Gasteiger charge is 2.54. The van der Waals surface area contributed by atoms with E-state index in [9.17, 15) is 19.8 Å². The largest absolute Gasteiger partial charge is 0.507 e. The molecule has 1 aliphatic heterocycles. The van der Waals surface area contributed by atoms with Gasteiger partial charge < -0.3 is 20.4 Å². The van der Waals surface area contributed by atoms with E-state index < -0.39 is 6.10 Å². The summed E-state index contributed by atoms with van der Waals surface area (Å²) in [5.74, 6) is 0.00447. The van der Waals surface area contributed by atoms with Gasteiger partial charge in [0.15, 0.2) is 0 Å². The topological polar surface area (TPSA) is 89.9 Å². The third-order valence-electron chi connectivity index (χ3n) is 9.11. The minimum absolute atomic E-state index is 0.0745. The van der Waals surface area contributed by atoms with Gasteiger partial charge >= 0.3 is 0 Å². The second kappa shape index (κ2) is 10.1. The van der Waals surface area contributed by atoms with Crippen LogP contribution in [0.5, 0.6) is 5.75 Å². The molecular formula is C33H34N2O4. The summed E-state index contributed by atoms with van der Waals surface area (Å²) in [5, 5.41) is 25.1. The van der Waals surface area contributed by atoms with Gasteiger partial charge in [-0.05, 0) is 67.6 Å². The first-order valence-corrected chi connectivity index (χ1v) is 13.7. The molecule has 200 valence electrons. The Kier molecular flexibility index (Phi) is 6.61. The van der Waals surface area contributed by atoms with Gasteiger partial charge in [-0.3, -0.25) is 9.59 Å². The molecule has 3 aromatic carbocycles. The lowest BCUT2D eigenvalue weighted by Crippen LogP contribution is -2.60. The molecule has 2 bridgehead atoms. The molecule has 0 saturated carbocycles. The van der Waals surface area contributed by atoms with Gasteiger partial charge in [0.1, 0.15) is 12.0 Å². The summed E-state index contributed by atoms with van der Waals surface area (Å²) < 4.78 is 0. The van der Waals surface area contributed by atoms with Crippen molar-refractivity contribution in [3.8, 4) is 16.9 Å². The van der Waals surface area contributed by atoms with Crippen molar-refractivity contribution in [3.63, 3.8) is 0 Å². The number of hydrogen-bond donors (Lipinski definition) is 3. The summed E-state index contributed by atoms with van der Waals surface area (Å²) in [7, 11) is 2.15. The zero-order chi connectivity index (χ0) is 27.1. The Hall–Kier alpha value is -3.74. The number of carbonyl (C=O) groups is 2. The minimum atomic E-state index is -0.546. The van der Waals surface area contributed by atoms with E-state index >= 15 is 0 Å². The third-order valence-corrected chi connectivity index (χ3v) is 9.11. The fourth-order valence-electron chi connectivity index (χ4n) is 7.07. The molecule has 0 radical (unpaired) electrons. The molecule has 3 aromatic rings. The number of aliphatic hydroxyl groups is 1. The molecule has 0 spiro atoms. The molecule has 39 heavy (non-hydrogen) atoms. The van der Waals surface area contributed by atoms with Crippen LogP contribution in [0.1, 0.15) is 50.2 Å². The summed E-state index contributed by atoms with van der Waals surface area (Å²) in [6.07, 6.45) is 7.22. The normalized spacial score (nSPS) is 25.4. The standard InChI is InChI=1S/C33H34N2O4/c1-35-17-15-33-19-26(37)11-13-28(33)29(35)18-25-10-12-27(31(38)30(25)33)32(39)34-16-14-21-2-6-23(7-3-21)24-8-4-22(20-36)5-9-24/h2-13,20,26,28-29,37-38H,14-19H2,1H3,(H,34,39). The molecule has 1 amide bonds. The van der Waals surface area contributed by atoms with Crippen LogP contribution in [0.3, 0.4) is 0 Å². The van der Waals surface area contributed by atoms with Crippen molar-refractivity contribution in [3.05, 3.63) is 101 Å². The molecule has 6 nitrogen and oxygen atoms in total. The number of aromatic hydroxyl groups is 1. The van der Waals surface area contributed by atoms with Crippen LogP contribution in [0, 0.1) is 5.92 Å². The third kappa shape index (κ3) is 4.48. The molecule has 6 rings (SSSR count). The predicted molar refractivity (Wildman–Crippen MR) is 151 cm³/mol. The number of benzene rings is 3. The Morgan fingerprint density at radius 1 is 1.05 bits per heavy atom. The van der Waals surface area contributed by atoms with Crippen molar-refractivity contribution in [2.45, 2.75) is 43.2 Å². The number of phenolic OH excluding ortho intramolecular Hbond substituents is 1. The fourth-order valence-corrected chi connectivity index (χ4v) is 7.07. The molecule has 1 saturated heterocycles. The summed E-state index contributed by atoms with van der Waals surface area (Å²) in [6, 6.07) is 19.7. The fraction of sp³-hybridized carbons (Fsp3) is 0.333. The average Bonchev–Trinajstić information content (AvgIpc) is 2.95. The SMILES string of the molecule is CN1CCC23CC(O)C=CC2C1Cc1ccc(C(=O)NCCc2ccc(-c4ccc(C=O)cc4)cc2)c(O)c13. The van der Waals surface area contributed by atoms with Crippen LogP contribution in [0.15, 0.2) is 72.8 Å². The number of nitrogens with one attached hydrogen (secondary N) is 1. The number of piperidine rings is 1. The van der Waals surface area contributed by atoms with E-state index in [1.807, 2.05) is 48.5 Å². The van der Waals surface area contributed by atoms with Crippen molar-refractivity contribution >= 4 is 12.2 Å². The van der Waals surface area contributed by atoms with Crippen LogP contribution in [-0.2, 0) is 18.3 Å². The lowest BCUT2D eigenvalue weighted by molar-refractivity contribution is 0.0195. The molecule has 1 heterocycles. The number of fused-ring (bicyclic) bond motifs is 1. The lowest BCUT2D eigenvalue weighted by atomic mass is 9.53. The number of carbonyl (C=O) groups excluding carboxylic acids is 2. The van der Waals surface area contributed by atoms with Gasteiger partial charge in [0.2, 0.25) is 0 Å². The van der Waals surface area contributed by atoms with Gasteiger partial charge in [-0.1, -0.05) is 66.7 Å². The van der Waals surface area contributed by atoms with Crippen molar-refractivity contribution in [1.82, 2.24) is 10.2 Å². The number of nitrogens with zero attached hydrogens (tertiary/aromatic N) is 1. The van der Waals surface area contributed by atoms with Gasteiger partial charge in [0.25, 0.3) is 5.91 Å². The molecule has 3 aliphatic rings. The van der Waals surface area contributed by atoms with Crippen molar-refractivity contribution in [1.29, 1.82) is 0 Å². The van der Waals surface area contributed by atoms with E-state index in [0.29, 0.717) is 36.6 Å². The second-order valence-electron chi connectivity index (χ2n) is 11.3. The van der Waals surface area contributed by atoms with Gasteiger partial charge in [-0.2, -0.15) is 0 Å². The monoisotopic (exact) mass is 522 g/mol. The first-order valence-electron chi connectivity index (χ1n) is 13.7. The predicted octanol–water partition coefficient (Wildman–Crippen LogP) is 4.28. The molecule has 0 aromatic heterocycles. The number of rotatable bonds is 6. The lowest BCUT2D eigenvalue weighted by Gasteiger charge is -2.57. The van der Waals surface area contributed by atoms with E-state index in [1.54, 1.807) is 18.2 Å². The van der Waals surface area contributed by atoms with Crippen LogP contribution in [0.2, 0.25) is 0 Å². The summed E-state index contributed by atoms with van der Waals surface area (Å²) in [5.41, 5.74) is 5.76. The maximum Gasteiger partial charge on any atom is 0.255 e. The quantitative estimate of drug-likeness (QED) is 0.332. The van der Waals surface area contributed by atoms with E-state index in [-0.39, 0.29) is 23.0 Å². The van der Waals surface area contributed by atoms with Crippen LogP contribution in [-0.4, -0.2) is 59.6 Å². The number of phenols is 1. The Morgan fingerprint density at radius 2 is 1.77 bits per heavy atom. The summed E-state index contributed by atoms with van der Waals surface area (Å²) >= 11 is 0. The number of amides is 1. The van der Waals surface area contributed by atoms with Gasteiger partial charge in [-0.15, -0.1) is 0 Å². The van der Waals surface area contributed by atoms with Crippen molar-refractivity contribution in [2.24, 2.45) is 5.92 Å². The van der Waals surface area contributed by atoms with Crippen molar-refractivity contribution in [2.75, 3.05) is 20.1 Å². The van der Waals surface area contributed by atoms with E-state index in [2.05, 4.69) is 23.3 Å².